The maximum Gasteiger partial charge on any atom is 0.0701 e. The SMILES string of the molecule is CCCCCCCCCCCCCOCCOCCOCCOCCOCCOCCOCCOCCOCCOCCOCCOCCOCCOCCOCCOCCOCCOCCOCCOCCOCCOCCOCCOCCOCCOCCOCCOCCO. The Balaban J connectivity index is 3.09. The molecule has 0 aromatic rings. The van der Waals surface area contributed by atoms with Crippen molar-refractivity contribution in [3.8, 4) is 0 Å². The van der Waals surface area contributed by atoms with Crippen LogP contribution in [0, 0.1) is 0 Å². The molecule has 0 spiro atoms. The van der Waals surface area contributed by atoms with Crippen LogP contribution in [0.3, 0.4) is 0 Å². The van der Waals surface area contributed by atoms with Gasteiger partial charge in [0, 0.05) is 6.61 Å². The van der Waals surface area contributed by atoms with Gasteiger partial charge in [-0.3, -0.25) is 0 Å². The van der Waals surface area contributed by atoms with E-state index in [2.05, 4.69) is 6.92 Å². The summed E-state index contributed by atoms with van der Waals surface area (Å²) >= 11 is 0. The van der Waals surface area contributed by atoms with Crippen LogP contribution in [0.4, 0.5) is 0 Å². The molecule has 0 aromatic carbocycles. The van der Waals surface area contributed by atoms with Crippen LogP contribution in [0.1, 0.15) is 77.6 Å². The standard InChI is InChI=1S/C69H140O29/c1-2-3-4-5-6-7-8-9-10-11-12-14-71-16-18-73-20-22-75-24-26-77-28-30-79-32-34-81-36-38-83-40-42-85-44-46-87-48-50-89-52-54-91-56-58-93-60-62-95-64-66-97-68-69-98-67-65-96-63-61-94-59-57-92-55-53-90-51-49-88-47-45-86-43-41-84-39-37-82-35-33-80-31-29-78-27-25-76-23-21-74-19-17-72-15-13-70/h70H,2-69H2,1H3. The lowest BCUT2D eigenvalue weighted by Crippen LogP contribution is -2.16. The van der Waals surface area contributed by atoms with Crippen LogP contribution in [0.15, 0.2) is 0 Å². The number of ether oxygens (including phenoxy) is 28. The molecule has 1 N–H and O–H groups in total. The molecule has 0 radical (unpaired) electrons. The molecule has 98 heavy (non-hydrogen) atoms. The molecule has 0 saturated carbocycles. The highest BCUT2D eigenvalue weighted by Gasteiger charge is 2.03. The van der Waals surface area contributed by atoms with Gasteiger partial charge in [0.1, 0.15) is 0 Å². The van der Waals surface area contributed by atoms with Crippen molar-refractivity contribution in [2.45, 2.75) is 77.6 Å². The molecule has 0 aromatic heterocycles. The molecule has 0 aliphatic carbocycles. The first kappa shape index (κ1) is 96.8. The maximum absolute atomic E-state index is 8.62. The molecule has 0 aliphatic rings. The third-order valence-corrected chi connectivity index (χ3v) is 13.2. The lowest BCUT2D eigenvalue weighted by molar-refractivity contribution is -0.0323. The molecule has 0 unspecified atom stereocenters. The van der Waals surface area contributed by atoms with Gasteiger partial charge in [-0.15, -0.1) is 0 Å². The largest absolute Gasteiger partial charge is 0.394 e. The second-order valence-electron chi connectivity index (χ2n) is 21.4. The molecule has 29 nitrogen and oxygen atoms in total. The van der Waals surface area contributed by atoms with Gasteiger partial charge in [-0.05, 0) is 6.42 Å². The van der Waals surface area contributed by atoms with Crippen molar-refractivity contribution < 1.29 is 138 Å². The van der Waals surface area contributed by atoms with Gasteiger partial charge in [-0.2, -0.15) is 0 Å². The van der Waals surface area contributed by atoms with Crippen LogP contribution in [-0.4, -0.2) is 382 Å². The lowest BCUT2D eigenvalue weighted by atomic mass is 10.1. The van der Waals surface area contributed by atoms with Crippen molar-refractivity contribution in [1.82, 2.24) is 0 Å². The molecule has 0 fully saturated rings. The molecule has 0 heterocycles. The van der Waals surface area contributed by atoms with E-state index in [1.807, 2.05) is 0 Å². The normalized spacial score (nSPS) is 11.8. The molecule has 0 amide bonds. The molecule has 0 bridgehead atoms. The molecule has 590 valence electrons. The molecule has 0 aliphatic heterocycles. The van der Waals surface area contributed by atoms with E-state index in [-0.39, 0.29) is 6.61 Å². The summed E-state index contributed by atoms with van der Waals surface area (Å²) in [5, 5.41) is 8.62. The van der Waals surface area contributed by atoms with Crippen LogP contribution < -0.4 is 0 Å². The Bertz CT molecular complexity index is 1250. The summed E-state index contributed by atoms with van der Waals surface area (Å²) in [6, 6.07) is 0. The van der Waals surface area contributed by atoms with E-state index in [4.69, 9.17) is 138 Å². The number of hydrogen-bond acceptors (Lipinski definition) is 29. The minimum atomic E-state index is 0.0172. The number of unbranched alkanes of at least 4 members (excludes halogenated alkanes) is 10. The minimum Gasteiger partial charge on any atom is -0.394 e. The van der Waals surface area contributed by atoms with E-state index in [1.165, 1.54) is 64.2 Å². The third-order valence-electron chi connectivity index (χ3n) is 13.2. The third kappa shape index (κ3) is 94.8. The predicted molar refractivity (Wildman–Crippen MR) is 366 cm³/mol. The fraction of sp³-hybridized carbons (Fsp3) is 1.00. The second kappa shape index (κ2) is 95.8. The van der Waals surface area contributed by atoms with Crippen LogP contribution in [-0.2, 0) is 133 Å². The molecular formula is C69H140O29. The van der Waals surface area contributed by atoms with Crippen molar-refractivity contribution in [3.63, 3.8) is 0 Å². The van der Waals surface area contributed by atoms with Gasteiger partial charge >= 0.3 is 0 Å². The van der Waals surface area contributed by atoms with E-state index in [0.717, 1.165) is 13.0 Å². The maximum atomic E-state index is 8.62. The van der Waals surface area contributed by atoms with Crippen molar-refractivity contribution in [1.29, 1.82) is 0 Å². The molecular weight excluding hydrogens is 1290 g/mol. The minimum absolute atomic E-state index is 0.0172. The molecule has 29 heteroatoms. The van der Waals surface area contributed by atoms with Crippen molar-refractivity contribution in [2.75, 3.05) is 377 Å². The number of aliphatic hydroxyl groups is 1. The summed E-state index contributed by atoms with van der Waals surface area (Å²) in [4.78, 5) is 0. The second-order valence-corrected chi connectivity index (χ2v) is 21.4. The number of aliphatic hydroxyl groups excluding tert-OH is 1. The zero-order valence-corrected chi connectivity index (χ0v) is 61.0. The Morgan fingerprint density at radius 2 is 0.204 bits per heavy atom. The van der Waals surface area contributed by atoms with Crippen molar-refractivity contribution in [2.24, 2.45) is 0 Å². The van der Waals surface area contributed by atoms with Gasteiger partial charge in [0.2, 0.25) is 0 Å². The topological polar surface area (TPSA) is 279 Å². The zero-order valence-electron chi connectivity index (χ0n) is 61.0. The smallest absolute Gasteiger partial charge is 0.0701 e. The highest BCUT2D eigenvalue weighted by molar-refractivity contribution is 4.49. The van der Waals surface area contributed by atoms with Crippen LogP contribution in [0.2, 0.25) is 0 Å². The van der Waals surface area contributed by atoms with Crippen molar-refractivity contribution in [3.05, 3.63) is 0 Å². The number of hydrogen-bond donors (Lipinski definition) is 1. The average molecular weight is 1430 g/mol. The Morgan fingerprint density at radius 1 is 0.112 bits per heavy atom. The fourth-order valence-corrected chi connectivity index (χ4v) is 7.97. The van der Waals surface area contributed by atoms with Crippen LogP contribution in [0.25, 0.3) is 0 Å². The summed E-state index contributed by atoms with van der Waals surface area (Å²) in [5.74, 6) is 0. The van der Waals surface area contributed by atoms with Gasteiger partial charge in [-0.1, -0.05) is 71.1 Å². The van der Waals surface area contributed by atoms with E-state index in [9.17, 15) is 0 Å². The Kier molecular flexibility index (Phi) is 94.7. The Hall–Kier alpha value is -1.16. The first-order valence-electron chi connectivity index (χ1n) is 36.7. The Labute approximate surface area is 590 Å². The fourth-order valence-electron chi connectivity index (χ4n) is 7.97. The highest BCUT2D eigenvalue weighted by Crippen LogP contribution is 2.11. The highest BCUT2D eigenvalue weighted by atomic mass is 16.6. The van der Waals surface area contributed by atoms with Crippen LogP contribution >= 0.6 is 0 Å². The van der Waals surface area contributed by atoms with Crippen molar-refractivity contribution >= 4 is 0 Å². The van der Waals surface area contributed by atoms with E-state index in [1.54, 1.807) is 0 Å². The first-order chi connectivity index (χ1) is 48.9. The van der Waals surface area contributed by atoms with E-state index >= 15 is 0 Å². The Morgan fingerprint density at radius 3 is 0.316 bits per heavy atom. The van der Waals surface area contributed by atoms with Gasteiger partial charge in [-0.25, -0.2) is 0 Å². The summed E-state index contributed by atoms with van der Waals surface area (Å²) in [5.41, 5.74) is 0. The lowest BCUT2D eigenvalue weighted by Gasteiger charge is -2.09. The average Bonchev–Trinajstić information content (AvgIpc) is 3.63. The van der Waals surface area contributed by atoms with Gasteiger partial charge in [0.25, 0.3) is 0 Å². The molecule has 0 saturated heterocycles. The van der Waals surface area contributed by atoms with Gasteiger partial charge in [0.05, 0.1) is 370 Å². The summed E-state index contributed by atoms with van der Waals surface area (Å²) in [6.45, 7) is 30.3. The van der Waals surface area contributed by atoms with Gasteiger partial charge < -0.3 is 138 Å². The zero-order chi connectivity index (χ0) is 69.9. The first-order valence-corrected chi connectivity index (χ1v) is 36.7. The summed E-state index contributed by atoms with van der Waals surface area (Å²) in [6.07, 6.45) is 14.8. The summed E-state index contributed by atoms with van der Waals surface area (Å²) < 4.78 is 154. The molecule has 0 rings (SSSR count). The van der Waals surface area contributed by atoms with E-state index < -0.39 is 0 Å². The monoisotopic (exact) mass is 1430 g/mol. The number of rotatable bonds is 95. The quantitative estimate of drug-likeness (QED) is 0.0804. The predicted octanol–water partition coefficient (Wildman–Crippen LogP) is 4.75. The molecule has 0 atom stereocenters. The van der Waals surface area contributed by atoms with E-state index in [0.29, 0.717) is 363 Å². The van der Waals surface area contributed by atoms with Gasteiger partial charge in [0.15, 0.2) is 0 Å². The summed E-state index contributed by atoms with van der Waals surface area (Å²) in [7, 11) is 0. The van der Waals surface area contributed by atoms with Crippen LogP contribution in [0.5, 0.6) is 0 Å².